The van der Waals surface area contributed by atoms with Crippen molar-refractivity contribution < 1.29 is 29.3 Å². The molecular formula is C20H18N2O6S. The molecule has 4 rings (SSSR count). The van der Waals surface area contributed by atoms with Crippen LogP contribution < -0.4 is 4.74 Å². The summed E-state index contributed by atoms with van der Waals surface area (Å²) in [6.45, 7) is 0.465. The molecule has 1 amide bonds. The zero-order valence-corrected chi connectivity index (χ0v) is 16.6. The Labute approximate surface area is 170 Å². The minimum Gasteiger partial charge on any atom is -0.490 e. The largest absolute Gasteiger partial charge is 0.490 e. The first-order valence-corrected chi connectivity index (χ1v) is 9.69. The van der Waals surface area contributed by atoms with Gasteiger partial charge in [0, 0.05) is 31.1 Å². The van der Waals surface area contributed by atoms with Crippen LogP contribution in [0.2, 0.25) is 0 Å². The first-order chi connectivity index (χ1) is 13.8. The highest BCUT2D eigenvalue weighted by atomic mass is 32.1. The average molecular weight is 414 g/mol. The number of aliphatic hydroxyl groups is 2. The van der Waals surface area contributed by atoms with E-state index in [1.165, 1.54) is 12.0 Å². The molecule has 0 aliphatic carbocycles. The van der Waals surface area contributed by atoms with Gasteiger partial charge in [0.05, 0.1) is 17.7 Å². The van der Waals surface area contributed by atoms with Crippen molar-refractivity contribution >= 4 is 23.2 Å². The van der Waals surface area contributed by atoms with Crippen LogP contribution in [-0.2, 0) is 9.53 Å². The van der Waals surface area contributed by atoms with Gasteiger partial charge in [0.1, 0.15) is 18.5 Å². The third-order valence-corrected chi connectivity index (χ3v) is 6.01. The van der Waals surface area contributed by atoms with Gasteiger partial charge in [-0.3, -0.25) is 4.79 Å². The Morgan fingerprint density at radius 1 is 1.48 bits per heavy atom. The molecule has 2 atom stereocenters. The number of rotatable bonds is 1. The van der Waals surface area contributed by atoms with Crippen molar-refractivity contribution in [3.05, 3.63) is 33.6 Å². The minimum absolute atomic E-state index is 0.0222. The molecule has 0 saturated carbocycles. The first-order valence-electron chi connectivity index (χ1n) is 8.88. The number of methoxy groups -OCH3 is 1. The standard InChI is InChI=1S/C20H18N2O6S/c1-22-8-7-20(26,19(22)25)6-5-11-3-4-14-12(9-11)15-16(13(23)10-28-14)29-17(21-15)18(24)27-2/h3-4,9,13,23,26H,7-8,10H2,1-2H3/t13?,20-/m0/s1. The molecule has 3 heterocycles. The van der Waals surface area contributed by atoms with E-state index in [9.17, 15) is 19.8 Å². The van der Waals surface area contributed by atoms with E-state index in [0.717, 1.165) is 11.3 Å². The fourth-order valence-electron chi connectivity index (χ4n) is 3.23. The lowest BCUT2D eigenvalue weighted by atomic mass is 10.0. The van der Waals surface area contributed by atoms with Crippen molar-refractivity contribution in [2.75, 3.05) is 27.3 Å². The fourth-order valence-corrected chi connectivity index (χ4v) is 4.20. The monoisotopic (exact) mass is 414 g/mol. The molecule has 0 bridgehead atoms. The molecule has 2 aliphatic rings. The molecule has 1 aromatic carbocycles. The molecule has 1 fully saturated rings. The highest BCUT2D eigenvalue weighted by molar-refractivity contribution is 7.14. The van der Waals surface area contributed by atoms with Crippen LogP contribution in [0, 0.1) is 11.8 Å². The van der Waals surface area contributed by atoms with Crippen molar-refractivity contribution in [2.24, 2.45) is 0 Å². The summed E-state index contributed by atoms with van der Waals surface area (Å²) in [7, 11) is 2.89. The number of hydrogen-bond donors (Lipinski definition) is 2. The molecule has 2 N–H and O–H groups in total. The van der Waals surface area contributed by atoms with Crippen molar-refractivity contribution in [3.63, 3.8) is 0 Å². The van der Waals surface area contributed by atoms with Gasteiger partial charge in [-0.15, -0.1) is 11.3 Å². The quantitative estimate of drug-likeness (QED) is 0.529. The van der Waals surface area contributed by atoms with Crippen LogP contribution >= 0.6 is 11.3 Å². The molecular weight excluding hydrogens is 396 g/mol. The molecule has 1 aromatic heterocycles. The topological polar surface area (TPSA) is 109 Å². The van der Waals surface area contributed by atoms with Gasteiger partial charge in [0.2, 0.25) is 10.6 Å². The maximum Gasteiger partial charge on any atom is 0.367 e. The fraction of sp³-hybridized carbons (Fsp3) is 0.350. The lowest BCUT2D eigenvalue weighted by molar-refractivity contribution is -0.137. The number of nitrogens with zero attached hydrogens (tertiary/aromatic N) is 2. The van der Waals surface area contributed by atoms with Crippen molar-refractivity contribution in [2.45, 2.75) is 18.1 Å². The number of carbonyl (C=O) groups excluding carboxylic acids is 2. The number of carbonyl (C=O) groups is 2. The van der Waals surface area contributed by atoms with Crippen LogP contribution in [0.4, 0.5) is 0 Å². The molecule has 2 aliphatic heterocycles. The summed E-state index contributed by atoms with van der Waals surface area (Å²) in [6.07, 6.45) is -0.691. The second-order valence-electron chi connectivity index (χ2n) is 6.85. The second kappa shape index (κ2) is 7.15. The van der Waals surface area contributed by atoms with E-state index in [4.69, 9.17) is 9.47 Å². The number of fused-ring (bicyclic) bond motifs is 3. The van der Waals surface area contributed by atoms with Gasteiger partial charge in [-0.2, -0.15) is 0 Å². The van der Waals surface area contributed by atoms with E-state index in [1.807, 2.05) is 0 Å². The Hall–Kier alpha value is -2.93. The minimum atomic E-state index is -1.70. The number of thiazole rings is 1. The number of ether oxygens (including phenoxy) is 2. The predicted molar refractivity (Wildman–Crippen MR) is 103 cm³/mol. The molecule has 0 spiro atoms. The van der Waals surface area contributed by atoms with Crippen LogP contribution in [0.5, 0.6) is 5.75 Å². The van der Waals surface area contributed by atoms with E-state index in [2.05, 4.69) is 16.8 Å². The average Bonchev–Trinajstić information content (AvgIpc) is 3.24. The molecule has 1 unspecified atom stereocenters. The third-order valence-electron chi connectivity index (χ3n) is 4.87. The van der Waals surface area contributed by atoms with Gasteiger partial charge in [0.25, 0.3) is 5.91 Å². The normalized spacial score (nSPS) is 22.7. The van der Waals surface area contributed by atoms with Crippen molar-refractivity contribution in [1.82, 2.24) is 9.88 Å². The SMILES string of the molecule is COC(=O)c1nc2c(s1)C(O)COc1ccc(C#C[C@]3(O)CCN(C)C3=O)cc1-2. The van der Waals surface area contributed by atoms with Crippen LogP contribution in [0.15, 0.2) is 18.2 Å². The van der Waals surface area contributed by atoms with Crippen LogP contribution in [0.25, 0.3) is 11.3 Å². The lowest BCUT2D eigenvalue weighted by Crippen LogP contribution is -2.37. The van der Waals surface area contributed by atoms with Gasteiger partial charge >= 0.3 is 5.97 Å². The number of benzene rings is 1. The molecule has 150 valence electrons. The van der Waals surface area contributed by atoms with Gasteiger partial charge < -0.3 is 24.6 Å². The zero-order chi connectivity index (χ0) is 20.8. The number of likely N-dealkylation sites (N-methyl/N-ethyl adjacent to an activating group) is 1. The number of likely N-dealkylation sites (tertiary alicyclic amines) is 1. The number of aromatic nitrogens is 1. The summed E-state index contributed by atoms with van der Waals surface area (Å²) in [4.78, 5) is 30.2. The summed E-state index contributed by atoms with van der Waals surface area (Å²) in [5.41, 5.74) is -0.165. The van der Waals surface area contributed by atoms with Gasteiger partial charge in [0.15, 0.2) is 0 Å². The van der Waals surface area contributed by atoms with Crippen LogP contribution in [-0.4, -0.2) is 64.9 Å². The van der Waals surface area contributed by atoms with E-state index in [1.54, 1.807) is 25.2 Å². The molecule has 1 saturated heterocycles. The summed E-state index contributed by atoms with van der Waals surface area (Å²) >= 11 is 1.05. The van der Waals surface area contributed by atoms with E-state index in [0.29, 0.717) is 34.0 Å². The van der Waals surface area contributed by atoms with E-state index < -0.39 is 23.6 Å². The van der Waals surface area contributed by atoms with Gasteiger partial charge in [-0.05, 0) is 18.2 Å². The summed E-state index contributed by atoms with van der Waals surface area (Å²) in [5.74, 6) is 5.01. The number of esters is 1. The zero-order valence-electron chi connectivity index (χ0n) is 15.8. The smallest absolute Gasteiger partial charge is 0.367 e. The number of aliphatic hydroxyl groups excluding tert-OH is 1. The van der Waals surface area contributed by atoms with Gasteiger partial charge in [-0.1, -0.05) is 11.8 Å². The third kappa shape index (κ3) is 3.35. The summed E-state index contributed by atoms with van der Waals surface area (Å²) in [6, 6.07) is 5.08. The molecule has 29 heavy (non-hydrogen) atoms. The molecule has 8 nitrogen and oxygen atoms in total. The summed E-state index contributed by atoms with van der Waals surface area (Å²) < 4.78 is 10.4. The van der Waals surface area contributed by atoms with E-state index in [-0.39, 0.29) is 18.0 Å². The maximum absolute atomic E-state index is 12.1. The summed E-state index contributed by atoms with van der Waals surface area (Å²) in [5, 5.41) is 21.0. The van der Waals surface area contributed by atoms with Crippen molar-refractivity contribution in [3.8, 4) is 28.8 Å². The van der Waals surface area contributed by atoms with Crippen LogP contribution in [0.1, 0.15) is 32.8 Å². The van der Waals surface area contributed by atoms with Crippen molar-refractivity contribution in [1.29, 1.82) is 0 Å². The van der Waals surface area contributed by atoms with Gasteiger partial charge in [-0.25, -0.2) is 9.78 Å². The maximum atomic E-state index is 12.1. The molecule has 9 heteroatoms. The number of hydrogen-bond acceptors (Lipinski definition) is 8. The first kappa shape index (κ1) is 19.4. The Morgan fingerprint density at radius 3 is 2.97 bits per heavy atom. The number of amides is 1. The molecule has 0 radical (unpaired) electrons. The Bertz CT molecular complexity index is 1070. The highest BCUT2D eigenvalue weighted by Crippen LogP contribution is 2.41. The Balaban J connectivity index is 1.76. The second-order valence-corrected chi connectivity index (χ2v) is 7.88. The Kier molecular flexibility index (Phi) is 4.78. The van der Waals surface area contributed by atoms with E-state index >= 15 is 0 Å². The molecule has 2 aromatic rings. The van der Waals surface area contributed by atoms with Crippen LogP contribution in [0.3, 0.4) is 0 Å². The lowest BCUT2D eigenvalue weighted by Gasteiger charge is -2.13. The highest BCUT2D eigenvalue weighted by Gasteiger charge is 2.42. The Morgan fingerprint density at radius 2 is 2.28 bits per heavy atom. The predicted octanol–water partition coefficient (Wildman–Crippen LogP) is 0.967.